The molecule has 20 heavy (non-hydrogen) atoms. The van der Waals surface area contributed by atoms with Crippen LogP contribution in [0, 0.1) is 6.92 Å². The molecule has 1 unspecified atom stereocenters. The number of benzene rings is 2. The van der Waals surface area contributed by atoms with E-state index < -0.39 is 5.82 Å². The average molecular weight is 262 g/mol. The second-order valence-corrected chi connectivity index (χ2v) is 5.28. The highest BCUT2D eigenvalue weighted by atomic mass is 16.3. The zero-order valence-corrected chi connectivity index (χ0v) is 11.8. The van der Waals surface area contributed by atoms with Crippen molar-refractivity contribution >= 4 is 7.85 Å². The van der Waals surface area contributed by atoms with E-state index in [1.807, 2.05) is 0 Å². The maximum atomic E-state index is 9.23. The highest BCUT2D eigenvalue weighted by molar-refractivity contribution is 6.13. The fraction of sp³-hybridized carbons (Fsp3) is 0.222. The first-order valence-electron chi connectivity index (χ1n) is 6.81. The van der Waals surface area contributed by atoms with Crippen molar-refractivity contribution in [1.29, 1.82) is 0 Å². The third-order valence-electron chi connectivity index (χ3n) is 3.44. The van der Waals surface area contributed by atoms with Gasteiger partial charge >= 0.3 is 0 Å². The summed E-state index contributed by atoms with van der Waals surface area (Å²) in [4.78, 5) is 0. The van der Waals surface area contributed by atoms with Crippen LogP contribution in [0.25, 0.3) is 0 Å². The molecule has 1 atom stereocenters. The predicted octanol–water partition coefficient (Wildman–Crippen LogP) is 4.16. The highest BCUT2D eigenvalue weighted by Crippen LogP contribution is 2.18. The molecule has 0 heterocycles. The van der Waals surface area contributed by atoms with E-state index in [0.29, 0.717) is 6.42 Å². The number of rotatable bonds is 5. The summed E-state index contributed by atoms with van der Waals surface area (Å²) in [5, 5.41) is 9.23. The molecule has 0 aliphatic carbocycles. The van der Waals surface area contributed by atoms with Crippen LogP contribution in [0.3, 0.4) is 0 Å². The van der Waals surface area contributed by atoms with E-state index in [4.69, 9.17) is 7.85 Å². The highest BCUT2D eigenvalue weighted by Gasteiger charge is 2.06. The fourth-order valence-electron chi connectivity index (χ4n) is 2.11. The number of hydrogen-bond donors (Lipinski definition) is 1. The molecule has 1 N–H and O–H groups in total. The topological polar surface area (TPSA) is 20.2 Å². The van der Waals surface area contributed by atoms with Gasteiger partial charge in [0.15, 0.2) is 0 Å². The summed E-state index contributed by atoms with van der Waals surface area (Å²) in [5.74, 6) is -0.355. The van der Waals surface area contributed by atoms with Gasteiger partial charge in [0.25, 0.3) is 0 Å². The Morgan fingerprint density at radius 1 is 1.00 bits per heavy atom. The van der Waals surface area contributed by atoms with Crippen molar-refractivity contribution in [3.63, 3.8) is 0 Å². The number of aliphatic hydroxyl groups excluding tert-OH is 1. The normalized spacial score (nSPS) is 12.1. The van der Waals surface area contributed by atoms with Crippen LogP contribution < -0.4 is 0 Å². The number of aliphatic hydroxyl groups is 1. The van der Waals surface area contributed by atoms with Gasteiger partial charge in [-0.25, -0.2) is 0 Å². The third-order valence-corrected chi connectivity index (χ3v) is 3.44. The molecule has 2 aromatic carbocycles. The molecule has 0 amide bonds. The van der Waals surface area contributed by atoms with E-state index in [0.717, 1.165) is 12.0 Å². The molecule has 0 saturated heterocycles. The summed E-state index contributed by atoms with van der Waals surface area (Å²) >= 11 is 0. The average Bonchev–Trinajstić information content (AvgIpc) is 2.43. The van der Waals surface area contributed by atoms with E-state index in [-0.39, 0.29) is 5.76 Å². The lowest BCUT2D eigenvalue weighted by Crippen LogP contribution is -2.00. The van der Waals surface area contributed by atoms with Gasteiger partial charge in [0, 0.05) is 0 Å². The van der Waals surface area contributed by atoms with Crippen LogP contribution in [0.1, 0.15) is 22.3 Å². The Balaban J connectivity index is 2.01. The van der Waals surface area contributed by atoms with Gasteiger partial charge in [-0.05, 0) is 42.3 Å². The quantitative estimate of drug-likeness (QED) is 0.633. The van der Waals surface area contributed by atoms with Crippen molar-refractivity contribution in [3.8, 4) is 0 Å². The maximum Gasteiger partial charge on any atom is 0.0810 e. The van der Waals surface area contributed by atoms with E-state index >= 15 is 0 Å². The molecule has 2 heteroatoms. The van der Waals surface area contributed by atoms with Gasteiger partial charge in [0.05, 0.1) is 13.6 Å². The van der Waals surface area contributed by atoms with Gasteiger partial charge in [0.1, 0.15) is 0 Å². The molecular formula is C18H19BO. The van der Waals surface area contributed by atoms with Crippen molar-refractivity contribution in [1.82, 2.24) is 0 Å². The lowest BCUT2D eigenvalue weighted by Gasteiger charge is -2.10. The Morgan fingerprint density at radius 2 is 1.45 bits per heavy atom. The van der Waals surface area contributed by atoms with Crippen molar-refractivity contribution in [2.75, 3.05) is 0 Å². The third kappa shape index (κ3) is 4.02. The number of allylic oxidation sites excluding steroid dienone is 1. The molecule has 2 rings (SSSR count). The fourth-order valence-corrected chi connectivity index (χ4v) is 2.11. The standard InChI is InChI=1S/C18H19BO/c1-13-3-5-15(6-4-13)11-16-7-9-17(10-8-16)12-18(19)14(2)20/h3-10,18,20H,2,11-12H2,1H3. The Kier molecular flexibility index (Phi) is 4.68. The van der Waals surface area contributed by atoms with E-state index in [1.165, 1.54) is 16.7 Å². The van der Waals surface area contributed by atoms with Crippen molar-refractivity contribution in [2.24, 2.45) is 0 Å². The molecule has 0 bridgehead atoms. The van der Waals surface area contributed by atoms with Gasteiger partial charge in [-0.2, -0.15) is 0 Å². The maximum absolute atomic E-state index is 9.23. The summed E-state index contributed by atoms with van der Waals surface area (Å²) in [6, 6.07) is 16.9. The van der Waals surface area contributed by atoms with Crippen molar-refractivity contribution < 1.29 is 5.11 Å². The second kappa shape index (κ2) is 6.47. The number of hydrogen-bond acceptors (Lipinski definition) is 1. The van der Waals surface area contributed by atoms with Gasteiger partial charge in [-0.3, -0.25) is 0 Å². The Morgan fingerprint density at radius 3 is 1.95 bits per heavy atom. The van der Waals surface area contributed by atoms with Crippen LogP contribution >= 0.6 is 0 Å². The van der Waals surface area contributed by atoms with Gasteiger partial charge in [-0.1, -0.05) is 60.7 Å². The molecular weight excluding hydrogens is 243 g/mol. The van der Waals surface area contributed by atoms with Crippen LogP contribution in [-0.2, 0) is 12.8 Å². The smallest absolute Gasteiger partial charge is 0.0810 e. The van der Waals surface area contributed by atoms with Gasteiger partial charge in [-0.15, -0.1) is 0 Å². The summed E-state index contributed by atoms with van der Waals surface area (Å²) < 4.78 is 0. The first kappa shape index (κ1) is 14.5. The lowest BCUT2D eigenvalue weighted by atomic mass is 9.81. The molecule has 0 saturated carbocycles. The summed E-state index contributed by atoms with van der Waals surface area (Å²) in [7, 11) is 5.77. The SMILES string of the molecule is [B]C(Cc1ccc(Cc2ccc(C)cc2)cc1)C(=C)O. The van der Waals surface area contributed by atoms with Crippen LogP contribution in [0.2, 0.25) is 5.82 Å². The van der Waals surface area contributed by atoms with Crippen molar-refractivity contribution in [3.05, 3.63) is 83.1 Å². The minimum Gasteiger partial charge on any atom is -0.513 e. The molecule has 0 aromatic heterocycles. The van der Waals surface area contributed by atoms with Crippen LogP contribution in [0.15, 0.2) is 60.9 Å². The molecule has 0 aliphatic rings. The van der Waals surface area contributed by atoms with Crippen LogP contribution in [0.4, 0.5) is 0 Å². The van der Waals surface area contributed by atoms with E-state index in [2.05, 4.69) is 62.0 Å². The predicted molar refractivity (Wildman–Crippen MR) is 85.4 cm³/mol. The summed E-state index contributed by atoms with van der Waals surface area (Å²) in [6.45, 7) is 5.56. The minimum absolute atomic E-state index is 0.0359. The lowest BCUT2D eigenvalue weighted by molar-refractivity contribution is 0.391. The van der Waals surface area contributed by atoms with Crippen LogP contribution in [0.5, 0.6) is 0 Å². The monoisotopic (exact) mass is 262 g/mol. The zero-order valence-electron chi connectivity index (χ0n) is 11.8. The molecule has 2 aromatic rings. The summed E-state index contributed by atoms with van der Waals surface area (Å²) in [5.41, 5.74) is 4.97. The van der Waals surface area contributed by atoms with Gasteiger partial charge in [0.2, 0.25) is 0 Å². The first-order valence-corrected chi connectivity index (χ1v) is 6.81. The Hall–Kier alpha value is -1.96. The Labute approximate surface area is 122 Å². The van der Waals surface area contributed by atoms with Crippen LogP contribution in [-0.4, -0.2) is 13.0 Å². The molecule has 0 spiro atoms. The minimum atomic E-state index is -0.391. The van der Waals surface area contributed by atoms with E-state index in [1.54, 1.807) is 0 Å². The van der Waals surface area contributed by atoms with Crippen molar-refractivity contribution in [2.45, 2.75) is 25.6 Å². The first-order chi connectivity index (χ1) is 9.54. The molecule has 0 fully saturated rings. The Bertz CT molecular complexity index is 569. The zero-order chi connectivity index (χ0) is 14.5. The van der Waals surface area contributed by atoms with Gasteiger partial charge < -0.3 is 5.11 Å². The van der Waals surface area contributed by atoms with E-state index in [9.17, 15) is 5.11 Å². The summed E-state index contributed by atoms with van der Waals surface area (Å²) in [6.07, 6.45) is 1.54. The second-order valence-electron chi connectivity index (χ2n) is 5.28. The molecule has 100 valence electrons. The molecule has 1 nitrogen and oxygen atoms in total. The molecule has 0 aliphatic heterocycles. The largest absolute Gasteiger partial charge is 0.513 e. The number of aryl methyl sites for hydroxylation is 1. The molecule has 2 radical (unpaired) electrons.